The average Bonchev–Trinajstić information content (AvgIpc) is 2.63. The highest BCUT2D eigenvalue weighted by molar-refractivity contribution is 6.04. The SMILES string of the molecule is Cc1ccc(F)c(NC(=O)c2cn(C)nc2C)c1. The van der Waals surface area contributed by atoms with E-state index < -0.39 is 5.82 Å². The molecule has 1 aromatic carbocycles. The van der Waals surface area contributed by atoms with E-state index in [0.717, 1.165) is 5.56 Å². The summed E-state index contributed by atoms with van der Waals surface area (Å²) in [5, 5.41) is 6.63. The van der Waals surface area contributed by atoms with Gasteiger partial charge in [0.15, 0.2) is 0 Å². The van der Waals surface area contributed by atoms with Gasteiger partial charge in [-0.15, -0.1) is 0 Å². The average molecular weight is 247 g/mol. The maximum absolute atomic E-state index is 13.5. The van der Waals surface area contributed by atoms with Gasteiger partial charge in [-0.25, -0.2) is 4.39 Å². The minimum atomic E-state index is -0.449. The molecule has 0 bridgehead atoms. The molecule has 2 rings (SSSR count). The highest BCUT2D eigenvalue weighted by Crippen LogP contribution is 2.17. The van der Waals surface area contributed by atoms with Gasteiger partial charge in [0.1, 0.15) is 5.82 Å². The summed E-state index contributed by atoms with van der Waals surface area (Å²) < 4.78 is 15.1. The molecule has 0 aliphatic heterocycles. The van der Waals surface area contributed by atoms with Crippen LogP contribution in [0.3, 0.4) is 0 Å². The number of benzene rings is 1. The summed E-state index contributed by atoms with van der Waals surface area (Å²) in [6.07, 6.45) is 1.61. The van der Waals surface area contributed by atoms with Gasteiger partial charge in [0, 0.05) is 13.2 Å². The number of halogens is 1. The van der Waals surface area contributed by atoms with E-state index in [1.807, 2.05) is 6.92 Å². The quantitative estimate of drug-likeness (QED) is 0.886. The van der Waals surface area contributed by atoms with Crippen molar-refractivity contribution in [3.8, 4) is 0 Å². The van der Waals surface area contributed by atoms with E-state index in [-0.39, 0.29) is 11.6 Å². The van der Waals surface area contributed by atoms with Crippen LogP contribution in [0.4, 0.5) is 10.1 Å². The van der Waals surface area contributed by atoms with Crippen molar-refractivity contribution < 1.29 is 9.18 Å². The van der Waals surface area contributed by atoms with Gasteiger partial charge in [0.05, 0.1) is 16.9 Å². The van der Waals surface area contributed by atoms with Crippen LogP contribution < -0.4 is 5.32 Å². The van der Waals surface area contributed by atoms with E-state index in [0.29, 0.717) is 11.3 Å². The number of amides is 1. The largest absolute Gasteiger partial charge is 0.319 e. The molecule has 0 saturated heterocycles. The van der Waals surface area contributed by atoms with Crippen LogP contribution in [-0.4, -0.2) is 15.7 Å². The molecule has 0 aliphatic rings. The van der Waals surface area contributed by atoms with Crippen molar-refractivity contribution in [1.29, 1.82) is 0 Å². The molecule has 94 valence electrons. The Labute approximate surface area is 104 Å². The van der Waals surface area contributed by atoms with E-state index in [9.17, 15) is 9.18 Å². The lowest BCUT2D eigenvalue weighted by atomic mass is 10.2. The fourth-order valence-corrected chi connectivity index (χ4v) is 1.75. The lowest BCUT2D eigenvalue weighted by Crippen LogP contribution is -2.13. The molecule has 0 unspecified atom stereocenters. The number of anilines is 1. The van der Waals surface area contributed by atoms with E-state index in [1.54, 1.807) is 37.0 Å². The molecular formula is C13H14FN3O. The van der Waals surface area contributed by atoms with E-state index in [4.69, 9.17) is 0 Å². The van der Waals surface area contributed by atoms with Gasteiger partial charge in [-0.3, -0.25) is 9.48 Å². The predicted molar refractivity (Wildman–Crippen MR) is 67.0 cm³/mol. The zero-order valence-corrected chi connectivity index (χ0v) is 10.5. The Morgan fingerprint density at radius 3 is 2.72 bits per heavy atom. The van der Waals surface area contributed by atoms with Gasteiger partial charge in [-0.05, 0) is 31.5 Å². The van der Waals surface area contributed by atoms with Crippen molar-refractivity contribution >= 4 is 11.6 Å². The summed E-state index contributed by atoms with van der Waals surface area (Å²) in [5.74, 6) is -0.805. The molecule has 0 saturated carbocycles. The number of nitrogens with zero attached hydrogens (tertiary/aromatic N) is 2. The Morgan fingerprint density at radius 1 is 1.39 bits per heavy atom. The van der Waals surface area contributed by atoms with Crippen LogP contribution in [0.2, 0.25) is 0 Å². The number of carbonyl (C=O) groups excluding carboxylic acids is 1. The summed E-state index contributed by atoms with van der Waals surface area (Å²) in [5.41, 5.74) is 2.12. The summed E-state index contributed by atoms with van der Waals surface area (Å²) in [6.45, 7) is 3.58. The number of hydrogen-bond acceptors (Lipinski definition) is 2. The third-order valence-corrected chi connectivity index (χ3v) is 2.63. The Balaban J connectivity index is 2.26. The molecule has 18 heavy (non-hydrogen) atoms. The molecule has 5 heteroatoms. The first kappa shape index (κ1) is 12.3. The van der Waals surface area contributed by atoms with Crippen molar-refractivity contribution in [3.05, 3.63) is 47.0 Å². The van der Waals surface area contributed by atoms with Gasteiger partial charge in [0.2, 0.25) is 0 Å². The molecule has 4 nitrogen and oxygen atoms in total. The zero-order chi connectivity index (χ0) is 13.3. The lowest BCUT2D eigenvalue weighted by Gasteiger charge is -2.06. The second-order valence-corrected chi connectivity index (χ2v) is 4.24. The van der Waals surface area contributed by atoms with Crippen LogP contribution in [0, 0.1) is 19.7 Å². The minimum absolute atomic E-state index is 0.184. The standard InChI is InChI=1S/C13H14FN3O/c1-8-4-5-11(14)12(6-8)15-13(18)10-7-17(3)16-9(10)2/h4-7H,1-3H3,(H,15,18). The number of aromatic nitrogens is 2. The van der Waals surface area contributed by atoms with Crippen LogP contribution in [-0.2, 0) is 7.05 Å². The van der Waals surface area contributed by atoms with Crippen molar-refractivity contribution in [3.63, 3.8) is 0 Å². The van der Waals surface area contributed by atoms with Gasteiger partial charge in [-0.1, -0.05) is 6.07 Å². The third kappa shape index (κ3) is 2.40. The first-order valence-corrected chi connectivity index (χ1v) is 5.55. The Kier molecular flexibility index (Phi) is 3.14. The van der Waals surface area contributed by atoms with E-state index >= 15 is 0 Å². The second-order valence-electron chi connectivity index (χ2n) is 4.24. The molecule has 0 radical (unpaired) electrons. The molecule has 1 N–H and O–H groups in total. The summed E-state index contributed by atoms with van der Waals surface area (Å²) in [4.78, 5) is 12.0. The molecular weight excluding hydrogens is 233 g/mol. The fourth-order valence-electron chi connectivity index (χ4n) is 1.75. The highest BCUT2D eigenvalue weighted by atomic mass is 19.1. The highest BCUT2D eigenvalue weighted by Gasteiger charge is 2.14. The molecule has 1 heterocycles. The van der Waals surface area contributed by atoms with E-state index in [1.165, 1.54) is 6.07 Å². The Hall–Kier alpha value is -2.17. The molecule has 1 amide bonds. The first-order valence-electron chi connectivity index (χ1n) is 5.55. The topological polar surface area (TPSA) is 46.9 Å². The molecule has 2 aromatic rings. The minimum Gasteiger partial charge on any atom is -0.319 e. The lowest BCUT2D eigenvalue weighted by molar-refractivity contribution is 0.102. The summed E-state index contributed by atoms with van der Waals surface area (Å²) in [6, 6.07) is 4.58. The maximum Gasteiger partial charge on any atom is 0.259 e. The predicted octanol–water partition coefficient (Wildman–Crippen LogP) is 2.43. The third-order valence-electron chi connectivity index (χ3n) is 2.63. The van der Waals surface area contributed by atoms with Gasteiger partial charge < -0.3 is 5.32 Å². The second kappa shape index (κ2) is 4.60. The number of carbonyl (C=O) groups is 1. The molecule has 0 atom stereocenters. The Morgan fingerprint density at radius 2 is 2.11 bits per heavy atom. The van der Waals surface area contributed by atoms with Crippen LogP contribution in [0.1, 0.15) is 21.6 Å². The van der Waals surface area contributed by atoms with Crippen LogP contribution >= 0.6 is 0 Å². The van der Waals surface area contributed by atoms with Gasteiger partial charge in [-0.2, -0.15) is 5.10 Å². The van der Waals surface area contributed by atoms with Crippen molar-refractivity contribution in [2.75, 3.05) is 5.32 Å². The number of aryl methyl sites for hydroxylation is 3. The van der Waals surface area contributed by atoms with Crippen LogP contribution in [0.25, 0.3) is 0 Å². The van der Waals surface area contributed by atoms with Gasteiger partial charge >= 0.3 is 0 Å². The first-order chi connectivity index (χ1) is 8.47. The Bertz CT molecular complexity index is 604. The fraction of sp³-hybridized carbons (Fsp3) is 0.231. The van der Waals surface area contributed by atoms with Gasteiger partial charge in [0.25, 0.3) is 5.91 Å². The number of nitrogens with one attached hydrogen (secondary N) is 1. The molecule has 0 fully saturated rings. The molecule has 1 aromatic heterocycles. The molecule has 0 aliphatic carbocycles. The summed E-state index contributed by atoms with van der Waals surface area (Å²) >= 11 is 0. The van der Waals surface area contributed by atoms with E-state index in [2.05, 4.69) is 10.4 Å². The van der Waals surface area contributed by atoms with Crippen LogP contribution in [0.5, 0.6) is 0 Å². The normalized spacial score (nSPS) is 10.4. The van der Waals surface area contributed by atoms with Crippen LogP contribution in [0.15, 0.2) is 24.4 Å². The monoisotopic (exact) mass is 247 g/mol. The smallest absolute Gasteiger partial charge is 0.259 e. The van der Waals surface area contributed by atoms with Crippen molar-refractivity contribution in [2.45, 2.75) is 13.8 Å². The number of rotatable bonds is 2. The van der Waals surface area contributed by atoms with Crippen molar-refractivity contribution in [2.24, 2.45) is 7.05 Å². The van der Waals surface area contributed by atoms with Crippen molar-refractivity contribution in [1.82, 2.24) is 9.78 Å². The summed E-state index contributed by atoms with van der Waals surface area (Å²) in [7, 11) is 1.73. The maximum atomic E-state index is 13.5. The zero-order valence-electron chi connectivity index (χ0n) is 10.5. The molecule has 0 spiro atoms. The number of hydrogen-bond donors (Lipinski definition) is 1.